The summed E-state index contributed by atoms with van der Waals surface area (Å²) in [5, 5.41) is 3.00. The van der Waals surface area contributed by atoms with Crippen LogP contribution in [0.2, 0.25) is 0 Å². The third-order valence-electron chi connectivity index (χ3n) is 3.83. The quantitative estimate of drug-likeness (QED) is 0.891. The SMILES string of the molecule is CNc1ccc(C(=O)N(C)C2CCN(C)CC2)nc1. The first-order chi connectivity index (χ1) is 9.11. The number of hydrogen-bond donors (Lipinski definition) is 1. The molecule has 1 fully saturated rings. The Morgan fingerprint density at radius 1 is 1.42 bits per heavy atom. The first-order valence-electron chi connectivity index (χ1n) is 6.71. The van der Waals surface area contributed by atoms with Gasteiger partial charge in [0.05, 0.1) is 11.9 Å². The molecule has 1 aliphatic rings. The summed E-state index contributed by atoms with van der Waals surface area (Å²) in [6.07, 6.45) is 3.76. The first kappa shape index (κ1) is 13.8. The van der Waals surface area contributed by atoms with Gasteiger partial charge in [0.25, 0.3) is 5.91 Å². The molecular formula is C14H22N4O. The summed E-state index contributed by atoms with van der Waals surface area (Å²) >= 11 is 0. The van der Waals surface area contributed by atoms with Crippen molar-refractivity contribution in [3.8, 4) is 0 Å². The fourth-order valence-electron chi connectivity index (χ4n) is 2.40. The Bertz CT molecular complexity index is 424. The Kier molecular flexibility index (Phi) is 4.37. The van der Waals surface area contributed by atoms with Gasteiger partial charge < -0.3 is 15.1 Å². The zero-order chi connectivity index (χ0) is 13.8. The van der Waals surface area contributed by atoms with E-state index in [-0.39, 0.29) is 5.91 Å². The van der Waals surface area contributed by atoms with Crippen LogP contribution in [0.25, 0.3) is 0 Å². The normalized spacial score (nSPS) is 17.2. The van der Waals surface area contributed by atoms with E-state index in [1.165, 1.54) is 0 Å². The fourth-order valence-corrected chi connectivity index (χ4v) is 2.40. The minimum atomic E-state index is 0.0113. The lowest BCUT2D eigenvalue weighted by atomic mass is 10.0. The van der Waals surface area contributed by atoms with Crippen molar-refractivity contribution in [3.05, 3.63) is 24.0 Å². The van der Waals surface area contributed by atoms with Crippen LogP contribution in [-0.4, -0.2) is 61.0 Å². The molecule has 0 aromatic carbocycles. The highest BCUT2D eigenvalue weighted by Crippen LogP contribution is 2.16. The standard InChI is InChI=1S/C14H22N4O/c1-15-11-4-5-13(16-10-11)14(19)18(3)12-6-8-17(2)9-7-12/h4-5,10,12,15H,6-9H2,1-3H3. The lowest BCUT2D eigenvalue weighted by Gasteiger charge is -2.34. The van der Waals surface area contributed by atoms with Crippen molar-refractivity contribution in [1.82, 2.24) is 14.8 Å². The number of nitrogens with zero attached hydrogens (tertiary/aromatic N) is 3. The molecule has 1 aromatic rings. The topological polar surface area (TPSA) is 48.5 Å². The average molecular weight is 262 g/mol. The molecular weight excluding hydrogens is 240 g/mol. The highest BCUT2D eigenvalue weighted by atomic mass is 16.2. The zero-order valence-corrected chi connectivity index (χ0v) is 11.9. The van der Waals surface area contributed by atoms with Crippen LogP contribution in [0.4, 0.5) is 5.69 Å². The van der Waals surface area contributed by atoms with E-state index in [0.717, 1.165) is 31.6 Å². The van der Waals surface area contributed by atoms with Gasteiger partial charge in [0.1, 0.15) is 5.69 Å². The molecule has 1 N–H and O–H groups in total. The van der Waals surface area contributed by atoms with Gasteiger partial charge in [-0.1, -0.05) is 0 Å². The van der Waals surface area contributed by atoms with Crippen molar-refractivity contribution in [2.24, 2.45) is 0 Å². The molecule has 2 heterocycles. The van der Waals surface area contributed by atoms with Crippen molar-refractivity contribution >= 4 is 11.6 Å². The van der Waals surface area contributed by atoms with E-state index in [1.54, 1.807) is 12.3 Å². The van der Waals surface area contributed by atoms with Crippen LogP contribution in [-0.2, 0) is 0 Å². The van der Waals surface area contributed by atoms with Gasteiger partial charge in [-0.25, -0.2) is 4.98 Å². The number of aromatic nitrogens is 1. The van der Waals surface area contributed by atoms with Gasteiger partial charge in [-0.15, -0.1) is 0 Å². The van der Waals surface area contributed by atoms with E-state index in [0.29, 0.717) is 11.7 Å². The van der Waals surface area contributed by atoms with Crippen LogP contribution in [0.1, 0.15) is 23.3 Å². The predicted octanol–water partition coefficient (Wildman–Crippen LogP) is 1.29. The fraction of sp³-hybridized carbons (Fsp3) is 0.571. The molecule has 5 nitrogen and oxygen atoms in total. The molecule has 19 heavy (non-hydrogen) atoms. The van der Waals surface area contributed by atoms with Crippen LogP contribution >= 0.6 is 0 Å². The maximum absolute atomic E-state index is 12.4. The molecule has 0 radical (unpaired) electrons. The minimum Gasteiger partial charge on any atom is -0.387 e. The molecule has 1 saturated heterocycles. The first-order valence-corrected chi connectivity index (χ1v) is 6.71. The summed E-state index contributed by atoms with van der Waals surface area (Å²) in [4.78, 5) is 20.7. The predicted molar refractivity (Wildman–Crippen MR) is 76.4 cm³/mol. The van der Waals surface area contributed by atoms with Crippen molar-refractivity contribution in [2.45, 2.75) is 18.9 Å². The number of anilines is 1. The van der Waals surface area contributed by atoms with Crippen molar-refractivity contribution < 1.29 is 4.79 Å². The Labute approximate surface area is 114 Å². The smallest absolute Gasteiger partial charge is 0.272 e. The molecule has 2 rings (SSSR count). The third-order valence-corrected chi connectivity index (χ3v) is 3.83. The monoisotopic (exact) mass is 262 g/mol. The summed E-state index contributed by atoms with van der Waals surface area (Å²) in [6, 6.07) is 3.98. The second-order valence-corrected chi connectivity index (χ2v) is 5.13. The second kappa shape index (κ2) is 6.02. The molecule has 1 aliphatic heterocycles. The van der Waals surface area contributed by atoms with Crippen LogP contribution < -0.4 is 5.32 Å². The van der Waals surface area contributed by atoms with Crippen LogP contribution in [0.5, 0.6) is 0 Å². The summed E-state index contributed by atoms with van der Waals surface area (Å²) < 4.78 is 0. The zero-order valence-electron chi connectivity index (χ0n) is 11.9. The maximum atomic E-state index is 12.4. The average Bonchev–Trinajstić information content (AvgIpc) is 2.46. The number of nitrogens with one attached hydrogen (secondary N) is 1. The number of rotatable bonds is 3. The number of carbonyl (C=O) groups excluding carboxylic acids is 1. The molecule has 0 atom stereocenters. The molecule has 0 spiro atoms. The number of amides is 1. The highest BCUT2D eigenvalue weighted by Gasteiger charge is 2.25. The van der Waals surface area contributed by atoms with Gasteiger partial charge in [-0.2, -0.15) is 0 Å². The maximum Gasteiger partial charge on any atom is 0.272 e. The molecule has 5 heteroatoms. The van der Waals surface area contributed by atoms with E-state index in [4.69, 9.17) is 0 Å². The summed E-state index contributed by atoms with van der Waals surface area (Å²) in [5.74, 6) is 0.0113. The molecule has 0 saturated carbocycles. The van der Waals surface area contributed by atoms with Crippen molar-refractivity contribution in [2.75, 3.05) is 39.5 Å². The Hall–Kier alpha value is -1.62. The Morgan fingerprint density at radius 3 is 2.63 bits per heavy atom. The van der Waals surface area contributed by atoms with Crippen molar-refractivity contribution in [1.29, 1.82) is 0 Å². The molecule has 0 bridgehead atoms. The summed E-state index contributed by atoms with van der Waals surface area (Å²) in [6.45, 7) is 2.10. The number of carbonyl (C=O) groups is 1. The molecule has 0 unspecified atom stereocenters. The number of piperidine rings is 1. The van der Waals surface area contributed by atoms with Gasteiger partial charge in [0.15, 0.2) is 0 Å². The minimum absolute atomic E-state index is 0.0113. The number of pyridine rings is 1. The molecule has 1 amide bonds. The lowest BCUT2D eigenvalue weighted by molar-refractivity contribution is 0.0654. The third kappa shape index (κ3) is 3.23. The number of likely N-dealkylation sites (tertiary alicyclic amines) is 1. The Morgan fingerprint density at radius 2 is 2.11 bits per heavy atom. The summed E-state index contributed by atoms with van der Waals surface area (Å²) in [5.41, 5.74) is 1.43. The lowest BCUT2D eigenvalue weighted by Crippen LogP contribution is -2.44. The van der Waals surface area contributed by atoms with Gasteiger partial charge in [-0.3, -0.25) is 4.79 Å². The highest BCUT2D eigenvalue weighted by molar-refractivity contribution is 5.92. The van der Waals surface area contributed by atoms with Gasteiger partial charge in [0.2, 0.25) is 0 Å². The van der Waals surface area contributed by atoms with Crippen LogP contribution in [0, 0.1) is 0 Å². The van der Waals surface area contributed by atoms with E-state index < -0.39 is 0 Å². The van der Waals surface area contributed by atoms with Crippen molar-refractivity contribution in [3.63, 3.8) is 0 Å². The molecule has 1 aromatic heterocycles. The number of hydrogen-bond acceptors (Lipinski definition) is 4. The van der Waals surface area contributed by atoms with Gasteiger partial charge >= 0.3 is 0 Å². The molecule has 104 valence electrons. The van der Waals surface area contributed by atoms with Gasteiger partial charge in [0, 0.05) is 20.1 Å². The van der Waals surface area contributed by atoms with Gasteiger partial charge in [-0.05, 0) is 45.1 Å². The van der Waals surface area contributed by atoms with Crippen LogP contribution in [0.15, 0.2) is 18.3 Å². The van der Waals surface area contributed by atoms with E-state index >= 15 is 0 Å². The Balaban J connectivity index is 2.01. The van der Waals surface area contributed by atoms with E-state index in [1.807, 2.05) is 25.1 Å². The summed E-state index contributed by atoms with van der Waals surface area (Å²) in [7, 11) is 5.84. The molecule has 0 aliphatic carbocycles. The van der Waals surface area contributed by atoms with E-state index in [2.05, 4.69) is 22.2 Å². The largest absolute Gasteiger partial charge is 0.387 e. The van der Waals surface area contributed by atoms with Crippen LogP contribution in [0.3, 0.4) is 0 Å². The van der Waals surface area contributed by atoms with E-state index in [9.17, 15) is 4.79 Å². The second-order valence-electron chi connectivity index (χ2n) is 5.13.